The van der Waals surface area contributed by atoms with Crippen LogP contribution in [0.25, 0.3) is 22.5 Å². The van der Waals surface area contributed by atoms with Gasteiger partial charge in [-0.15, -0.1) is 0 Å². The molecule has 0 atom stereocenters. The lowest BCUT2D eigenvalue weighted by molar-refractivity contribution is 1.23. The Morgan fingerprint density at radius 3 is 1.25 bits per heavy atom. The molecule has 4 rings (SSSR count). The maximum atomic E-state index is 12.4. The van der Waals surface area contributed by atoms with Crippen LogP contribution in [0.2, 0.25) is 0 Å². The molecule has 0 bridgehead atoms. The van der Waals surface area contributed by atoms with Gasteiger partial charge in [0.05, 0.1) is 21.8 Å². The Bertz CT molecular complexity index is 1100. The topological polar surface area (TPSA) is 59.9 Å². The molecular formula is C18H8Br2N2O2. The summed E-state index contributed by atoms with van der Waals surface area (Å²) < 4.78 is 1.82. The molecule has 0 spiro atoms. The van der Waals surface area contributed by atoms with E-state index >= 15 is 0 Å². The lowest BCUT2D eigenvalue weighted by Gasteiger charge is -1.96. The van der Waals surface area contributed by atoms with Gasteiger partial charge in [-0.25, -0.2) is 9.97 Å². The van der Waals surface area contributed by atoms with E-state index in [1.165, 1.54) is 0 Å². The number of halogens is 2. The predicted octanol–water partition coefficient (Wildman–Crippen LogP) is 3.66. The van der Waals surface area contributed by atoms with Gasteiger partial charge in [0.2, 0.25) is 0 Å². The van der Waals surface area contributed by atoms with Gasteiger partial charge in [-0.1, -0.05) is 56.1 Å². The molecule has 0 saturated heterocycles. The second-order valence-electron chi connectivity index (χ2n) is 5.29. The molecule has 0 fully saturated rings. The van der Waals surface area contributed by atoms with Crippen molar-refractivity contribution >= 4 is 31.9 Å². The molecule has 0 amide bonds. The van der Waals surface area contributed by atoms with Gasteiger partial charge in [0.15, 0.2) is 0 Å². The Morgan fingerprint density at radius 1 is 0.583 bits per heavy atom. The predicted molar refractivity (Wildman–Crippen MR) is 98.5 cm³/mol. The summed E-state index contributed by atoms with van der Waals surface area (Å²) in [5.74, 6) is 0. The zero-order valence-electron chi connectivity index (χ0n) is 12.1. The molecule has 0 radical (unpaired) electrons. The van der Waals surface area contributed by atoms with E-state index in [1.807, 2.05) is 48.5 Å². The van der Waals surface area contributed by atoms with Gasteiger partial charge in [0, 0.05) is 20.1 Å². The van der Waals surface area contributed by atoms with Crippen LogP contribution in [0, 0.1) is 10.4 Å². The van der Waals surface area contributed by atoms with E-state index in [9.17, 15) is 9.59 Å². The first kappa shape index (κ1) is 15.4. The van der Waals surface area contributed by atoms with E-state index < -0.39 is 11.1 Å². The molecule has 2 heterocycles. The van der Waals surface area contributed by atoms with E-state index in [0.29, 0.717) is 21.8 Å². The molecular weight excluding hydrogens is 436 g/mol. The highest BCUT2D eigenvalue weighted by atomic mass is 79.9. The van der Waals surface area contributed by atoms with Crippen LogP contribution in [-0.2, 0) is 0 Å². The fourth-order valence-corrected chi connectivity index (χ4v) is 3.24. The monoisotopic (exact) mass is 442 g/mol. The smallest absolute Gasteiger partial charge is 0.267 e. The summed E-state index contributed by atoms with van der Waals surface area (Å²) in [6.45, 7) is 0. The van der Waals surface area contributed by atoms with Crippen molar-refractivity contribution < 1.29 is 0 Å². The second-order valence-corrected chi connectivity index (χ2v) is 7.13. The van der Waals surface area contributed by atoms with E-state index in [1.54, 1.807) is 0 Å². The summed E-state index contributed by atoms with van der Waals surface area (Å²) in [6, 6.07) is 14.6. The number of rotatable bonds is 2. The molecule has 2 aliphatic rings. The summed E-state index contributed by atoms with van der Waals surface area (Å²) in [4.78, 5) is 33.0. The molecule has 0 aromatic heterocycles. The first-order chi connectivity index (χ1) is 11.5. The zero-order valence-corrected chi connectivity index (χ0v) is 15.3. The van der Waals surface area contributed by atoms with Crippen molar-refractivity contribution in [2.75, 3.05) is 0 Å². The first-order valence-electron chi connectivity index (χ1n) is 7.07. The minimum Gasteiger partial charge on any atom is -0.267 e. The minimum absolute atomic E-state index is 0.292. The maximum Gasteiger partial charge on any atom is 0.280 e. The molecule has 2 aromatic rings. The minimum atomic E-state index is -0.421. The van der Waals surface area contributed by atoms with Crippen LogP contribution in [0.5, 0.6) is 0 Å². The maximum absolute atomic E-state index is 12.4. The zero-order chi connectivity index (χ0) is 16.8. The van der Waals surface area contributed by atoms with Crippen molar-refractivity contribution in [3.05, 3.63) is 88.6 Å². The molecule has 116 valence electrons. The summed E-state index contributed by atoms with van der Waals surface area (Å²) >= 11 is 6.74. The molecule has 2 aliphatic heterocycles. The van der Waals surface area contributed by atoms with Gasteiger partial charge in [0.1, 0.15) is 0 Å². The Morgan fingerprint density at radius 2 is 0.917 bits per heavy atom. The van der Waals surface area contributed by atoms with Crippen molar-refractivity contribution in [1.82, 2.24) is 9.97 Å². The third-order valence-corrected chi connectivity index (χ3v) is 4.87. The number of benzene rings is 2. The lowest BCUT2D eigenvalue weighted by Crippen LogP contribution is -2.04. The van der Waals surface area contributed by atoms with Crippen LogP contribution in [0.4, 0.5) is 0 Å². The fourth-order valence-electron chi connectivity index (χ4n) is 2.71. The molecule has 0 saturated carbocycles. The Balaban J connectivity index is 2.04. The summed E-state index contributed by atoms with van der Waals surface area (Å²) in [5.41, 5.74) is 1.38. The number of aromatic nitrogens is 2. The summed E-state index contributed by atoms with van der Waals surface area (Å²) in [5, 5.41) is 0.584. The van der Waals surface area contributed by atoms with Crippen LogP contribution < -0.4 is 11.1 Å². The summed E-state index contributed by atoms with van der Waals surface area (Å²) in [6.07, 6.45) is 0. The average molecular weight is 444 g/mol. The van der Waals surface area contributed by atoms with Crippen molar-refractivity contribution in [1.29, 1.82) is 0 Å². The lowest BCUT2D eigenvalue weighted by atomic mass is 10.1. The normalized spacial score (nSPS) is 11.2. The highest BCUT2D eigenvalue weighted by Gasteiger charge is 2.19. The van der Waals surface area contributed by atoms with Crippen LogP contribution in [0.1, 0.15) is 0 Å². The molecule has 24 heavy (non-hydrogen) atoms. The number of hydrogen-bond donors (Lipinski definition) is 0. The van der Waals surface area contributed by atoms with E-state index in [0.717, 1.165) is 20.1 Å². The second kappa shape index (κ2) is 5.72. The van der Waals surface area contributed by atoms with E-state index in [-0.39, 0.29) is 0 Å². The quantitative estimate of drug-likeness (QED) is 0.474. The standard InChI is InChI=1S/C18H8Br2N2O2/c19-11-5-1-9(2-6-11)15-13-14(18(24)21-15)16(22-17(13)23)10-3-7-12(20)8-4-10/h1-8H. The molecule has 0 aliphatic carbocycles. The van der Waals surface area contributed by atoms with Crippen LogP contribution in [-0.4, -0.2) is 9.97 Å². The molecule has 4 nitrogen and oxygen atoms in total. The van der Waals surface area contributed by atoms with Gasteiger partial charge in [-0.05, 0) is 24.3 Å². The van der Waals surface area contributed by atoms with Gasteiger partial charge in [-0.2, -0.15) is 0 Å². The third-order valence-electron chi connectivity index (χ3n) is 3.81. The van der Waals surface area contributed by atoms with Crippen molar-refractivity contribution in [2.24, 2.45) is 0 Å². The number of hydrogen-bond acceptors (Lipinski definition) is 4. The molecule has 6 heteroatoms. The van der Waals surface area contributed by atoms with Gasteiger partial charge in [-0.3, -0.25) is 9.59 Å². The highest BCUT2D eigenvalue weighted by molar-refractivity contribution is 9.10. The number of nitrogens with zero attached hydrogens (tertiary/aromatic N) is 2. The Labute approximate surface area is 152 Å². The largest absolute Gasteiger partial charge is 0.280 e. The molecule has 0 N–H and O–H groups in total. The van der Waals surface area contributed by atoms with Crippen LogP contribution in [0.15, 0.2) is 67.1 Å². The third kappa shape index (κ3) is 2.42. The van der Waals surface area contributed by atoms with Crippen molar-refractivity contribution in [2.45, 2.75) is 0 Å². The van der Waals surface area contributed by atoms with Crippen LogP contribution >= 0.6 is 31.9 Å². The molecule has 0 unspecified atom stereocenters. The van der Waals surface area contributed by atoms with Gasteiger partial charge in [0.25, 0.3) is 11.1 Å². The fraction of sp³-hybridized carbons (Fsp3) is 0. The Hall–Kier alpha value is -2.18. The summed E-state index contributed by atoms with van der Waals surface area (Å²) in [7, 11) is 0. The molecule has 2 aromatic carbocycles. The van der Waals surface area contributed by atoms with Crippen molar-refractivity contribution in [3.63, 3.8) is 0 Å². The van der Waals surface area contributed by atoms with Gasteiger partial charge < -0.3 is 0 Å². The van der Waals surface area contributed by atoms with E-state index in [4.69, 9.17) is 0 Å². The van der Waals surface area contributed by atoms with Crippen molar-refractivity contribution in [3.8, 4) is 22.5 Å². The Kier molecular flexibility index (Phi) is 3.66. The van der Waals surface area contributed by atoms with E-state index in [2.05, 4.69) is 41.8 Å². The van der Waals surface area contributed by atoms with Crippen LogP contribution in [0.3, 0.4) is 0 Å². The van der Waals surface area contributed by atoms with Gasteiger partial charge >= 0.3 is 0 Å². The first-order valence-corrected chi connectivity index (χ1v) is 8.66. The highest BCUT2D eigenvalue weighted by Crippen LogP contribution is 2.24. The average Bonchev–Trinajstić information content (AvgIpc) is 3.08. The SMILES string of the molecule is O=c1nc(-c2ccc(Br)cc2)c2c(=O)nc(-c3ccc(Br)cc3)c1=2.